The average Bonchev–Trinajstić information content (AvgIpc) is 2.55. The van der Waals surface area contributed by atoms with Crippen LogP contribution in [0, 0.1) is 0 Å². The molecule has 1 amide bonds. The van der Waals surface area contributed by atoms with Gasteiger partial charge in [0.15, 0.2) is 0 Å². The van der Waals surface area contributed by atoms with Gasteiger partial charge in [0, 0.05) is 30.1 Å². The molecule has 0 bridgehead atoms. The maximum atomic E-state index is 12.3. The first kappa shape index (κ1) is 15.8. The standard InChI is InChI=1S/C17H21N3O2/c1-3-4-9-18-16-11-13(8-10-19-16)17(21)20-14-6-5-7-15(12-14)22-2/h5-8,10-12H,3-4,9H2,1-2H3,(H,18,19)(H,20,21). The lowest BCUT2D eigenvalue weighted by atomic mass is 10.2. The molecule has 0 aliphatic heterocycles. The van der Waals surface area contributed by atoms with Crippen LogP contribution in [0.3, 0.4) is 0 Å². The van der Waals surface area contributed by atoms with Crippen molar-refractivity contribution >= 4 is 17.4 Å². The summed E-state index contributed by atoms with van der Waals surface area (Å²) in [5, 5.41) is 6.06. The summed E-state index contributed by atoms with van der Waals surface area (Å²) in [4.78, 5) is 16.5. The molecule has 116 valence electrons. The van der Waals surface area contributed by atoms with Crippen LogP contribution in [0.2, 0.25) is 0 Å². The largest absolute Gasteiger partial charge is 0.497 e. The van der Waals surface area contributed by atoms with Gasteiger partial charge in [-0.3, -0.25) is 4.79 Å². The molecule has 0 fully saturated rings. The number of anilines is 2. The molecule has 1 heterocycles. The summed E-state index contributed by atoms with van der Waals surface area (Å²) in [5.41, 5.74) is 1.26. The van der Waals surface area contributed by atoms with Crippen LogP contribution in [-0.2, 0) is 0 Å². The van der Waals surface area contributed by atoms with Crippen molar-refractivity contribution in [2.45, 2.75) is 19.8 Å². The normalized spacial score (nSPS) is 10.1. The van der Waals surface area contributed by atoms with E-state index in [0.29, 0.717) is 22.8 Å². The number of nitrogens with one attached hydrogen (secondary N) is 2. The Morgan fingerprint density at radius 2 is 2.14 bits per heavy atom. The van der Waals surface area contributed by atoms with E-state index in [1.807, 2.05) is 18.2 Å². The summed E-state index contributed by atoms with van der Waals surface area (Å²) in [6.45, 7) is 2.98. The van der Waals surface area contributed by atoms with Crippen LogP contribution < -0.4 is 15.4 Å². The molecule has 2 N–H and O–H groups in total. The topological polar surface area (TPSA) is 63.2 Å². The first-order valence-electron chi connectivity index (χ1n) is 7.38. The molecule has 1 aromatic heterocycles. The summed E-state index contributed by atoms with van der Waals surface area (Å²) in [7, 11) is 1.60. The van der Waals surface area contributed by atoms with Gasteiger partial charge in [-0.15, -0.1) is 0 Å². The van der Waals surface area contributed by atoms with Crippen molar-refractivity contribution in [2.24, 2.45) is 0 Å². The van der Waals surface area contributed by atoms with E-state index in [0.717, 1.165) is 19.4 Å². The first-order chi connectivity index (χ1) is 10.7. The zero-order valence-corrected chi connectivity index (χ0v) is 12.9. The Labute approximate surface area is 130 Å². The number of nitrogens with zero attached hydrogens (tertiary/aromatic N) is 1. The van der Waals surface area contributed by atoms with Gasteiger partial charge in [-0.2, -0.15) is 0 Å². The molecule has 2 rings (SSSR count). The summed E-state index contributed by atoms with van der Waals surface area (Å²) in [6, 6.07) is 10.7. The van der Waals surface area contributed by atoms with Crippen molar-refractivity contribution in [3.63, 3.8) is 0 Å². The number of carbonyl (C=O) groups excluding carboxylic acids is 1. The van der Waals surface area contributed by atoms with Crippen LogP contribution >= 0.6 is 0 Å². The smallest absolute Gasteiger partial charge is 0.255 e. The van der Waals surface area contributed by atoms with Crippen LogP contribution in [0.15, 0.2) is 42.6 Å². The van der Waals surface area contributed by atoms with E-state index in [1.54, 1.807) is 31.5 Å². The molecule has 0 spiro atoms. The van der Waals surface area contributed by atoms with E-state index in [4.69, 9.17) is 4.74 Å². The van der Waals surface area contributed by atoms with E-state index < -0.39 is 0 Å². The SMILES string of the molecule is CCCCNc1cc(C(=O)Nc2cccc(OC)c2)ccn1. The molecule has 5 heteroatoms. The van der Waals surface area contributed by atoms with Crippen molar-refractivity contribution < 1.29 is 9.53 Å². The molecule has 22 heavy (non-hydrogen) atoms. The van der Waals surface area contributed by atoms with E-state index in [9.17, 15) is 4.79 Å². The number of aromatic nitrogens is 1. The Bertz CT molecular complexity index is 629. The number of carbonyl (C=O) groups is 1. The molecule has 0 aliphatic carbocycles. The van der Waals surface area contributed by atoms with Gasteiger partial charge in [-0.25, -0.2) is 4.98 Å². The Balaban J connectivity index is 2.03. The summed E-state index contributed by atoms with van der Waals surface area (Å²) in [6.07, 6.45) is 3.82. The molecule has 0 saturated heterocycles. The predicted molar refractivity (Wildman–Crippen MR) is 88.6 cm³/mol. The molecule has 5 nitrogen and oxygen atoms in total. The summed E-state index contributed by atoms with van der Waals surface area (Å²) >= 11 is 0. The third kappa shape index (κ3) is 4.48. The van der Waals surface area contributed by atoms with Crippen molar-refractivity contribution in [3.05, 3.63) is 48.2 Å². The highest BCUT2D eigenvalue weighted by Crippen LogP contribution is 2.18. The van der Waals surface area contributed by atoms with Gasteiger partial charge in [-0.1, -0.05) is 19.4 Å². The lowest BCUT2D eigenvalue weighted by Gasteiger charge is -2.09. The minimum absolute atomic E-state index is 0.172. The van der Waals surface area contributed by atoms with Crippen molar-refractivity contribution in [2.75, 3.05) is 24.3 Å². The average molecular weight is 299 g/mol. The molecule has 0 unspecified atom stereocenters. The fourth-order valence-corrected chi connectivity index (χ4v) is 1.97. The maximum absolute atomic E-state index is 12.3. The quantitative estimate of drug-likeness (QED) is 0.767. The second kappa shape index (κ2) is 8.02. The number of unbranched alkanes of at least 4 members (excludes halogenated alkanes) is 1. The number of pyridine rings is 1. The number of benzene rings is 1. The fraction of sp³-hybridized carbons (Fsp3) is 0.294. The molecule has 2 aromatic rings. The highest BCUT2D eigenvalue weighted by Gasteiger charge is 2.08. The minimum Gasteiger partial charge on any atom is -0.497 e. The van der Waals surface area contributed by atoms with E-state index in [2.05, 4.69) is 22.5 Å². The number of amides is 1. The van der Waals surface area contributed by atoms with Gasteiger partial charge >= 0.3 is 0 Å². The predicted octanol–water partition coefficient (Wildman–Crippen LogP) is 3.55. The molecular weight excluding hydrogens is 278 g/mol. The highest BCUT2D eigenvalue weighted by atomic mass is 16.5. The minimum atomic E-state index is -0.172. The van der Waals surface area contributed by atoms with Crippen LogP contribution in [0.4, 0.5) is 11.5 Å². The van der Waals surface area contributed by atoms with Gasteiger partial charge < -0.3 is 15.4 Å². The molecule has 0 aliphatic rings. The second-order valence-electron chi connectivity index (χ2n) is 4.90. The monoisotopic (exact) mass is 299 g/mol. The zero-order chi connectivity index (χ0) is 15.8. The van der Waals surface area contributed by atoms with Crippen LogP contribution in [0.5, 0.6) is 5.75 Å². The van der Waals surface area contributed by atoms with E-state index in [-0.39, 0.29) is 5.91 Å². The lowest BCUT2D eigenvalue weighted by molar-refractivity contribution is 0.102. The van der Waals surface area contributed by atoms with Crippen molar-refractivity contribution in [3.8, 4) is 5.75 Å². The highest BCUT2D eigenvalue weighted by molar-refractivity contribution is 6.04. The third-order valence-corrected chi connectivity index (χ3v) is 3.19. The second-order valence-corrected chi connectivity index (χ2v) is 4.90. The number of methoxy groups -OCH3 is 1. The molecule has 0 radical (unpaired) electrons. The first-order valence-corrected chi connectivity index (χ1v) is 7.38. The fourth-order valence-electron chi connectivity index (χ4n) is 1.97. The Morgan fingerprint density at radius 3 is 2.91 bits per heavy atom. The summed E-state index contributed by atoms with van der Waals surface area (Å²) < 4.78 is 5.14. The number of hydrogen-bond acceptors (Lipinski definition) is 4. The van der Waals surface area contributed by atoms with Crippen LogP contribution in [0.25, 0.3) is 0 Å². The molecule has 1 aromatic carbocycles. The van der Waals surface area contributed by atoms with Gasteiger partial charge in [0.2, 0.25) is 0 Å². The Morgan fingerprint density at radius 1 is 1.27 bits per heavy atom. The van der Waals surface area contributed by atoms with Crippen LogP contribution in [-0.4, -0.2) is 24.5 Å². The van der Waals surface area contributed by atoms with Gasteiger partial charge in [0.25, 0.3) is 5.91 Å². The van der Waals surface area contributed by atoms with Gasteiger partial charge in [0.05, 0.1) is 7.11 Å². The number of ether oxygens (including phenoxy) is 1. The maximum Gasteiger partial charge on any atom is 0.255 e. The Hall–Kier alpha value is -2.56. The zero-order valence-electron chi connectivity index (χ0n) is 12.9. The lowest BCUT2D eigenvalue weighted by Crippen LogP contribution is -2.13. The number of hydrogen-bond donors (Lipinski definition) is 2. The Kier molecular flexibility index (Phi) is 5.77. The summed E-state index contributed by atoms with van der Waals surface area (Å²) in [5.74, 6) is 1.25. The van der Waals surface area contributed by atoms with Gasteiger partial charge in [-0.05, 0) is 30.7 Å². The van der Waals surface area contributed by atoms with Crippen LogP contribution in [0.1, 0.15) is 30.1 Å². The molecule has 0 saturated carbocycles. The third-order valence-electron chi connectivity index (χ3n) is 3.19. The van der Waals surface area contributed by atoms with E-state index >= 15 is 0 Å². The molecular formula is C17H21N3O2. The van der Waals surface area contributed by atoms with E-state index in [1.165, 1.54) is 0 Å². The molecule has 0 atom stereocenters. The number of rotatable bonds is 7. The van der Waals surface area contributed by atoms with Crippen molar-refractivity contribution in [1.29, 1.82) is 0 Å². The van der Waals surface area contributed by atoms with Gasteiger partial charge in [0.1, 0.15) is 11.6 Å². The van der Waals surface area contributed by atoms with Crippen molar-refractivity contribution in [1.82, 2.24) is 4.98 Å².